The van der Waals surface area contributed by atoms with Crippen molar-refractivity contribution in [3.8, 4) is 0 Å². The van der Waals surface area contributed by atoms with Gasteiger partial charge in [0.15, 0.2) is 0 Å². The van der Waals surface area contributed by atoms with E-state index in [1.807, 2.05) is 52.0 Å². The quantitative estimate of drug-likeness (QED) is 0.474. The maximum absolute atomic E-state index is 12.6. The summed E-state index contributed by atoms with van der Waals surface area (Å²) >= 11 is 5.79. The van der Waals surface area contributed by atoms with Crippen LogP contribution >= 0.6 is 19.2 Å². The van der Waals surface area contributed by atoms with Crippen LogP contribution in [0.4, 0.5) is 0 Å². The standard InChI is InChI=1S/C15H24ClO4P/c1-12(2)19-21(17,20-13(3)4)11-18-10-15-7-5-6-14(8-15)9-16/h5-8,12-13H,9-11H2,1-4H3. The first-order valence-electron chi connectivity index (χ1n) is 7.02. The average molecular weight is 335 g/mol. The lowest BCUT2D eigenvalue weighted by Crippen LogP contribution is -2.11. The van der Waals surface area contributed by atoms with E-state index in [1.165, 1.54) is 0 Å². The number of ether oxygens (including phenoxy) is 1. The van der Waals surface area contributed by atoms with E-state index in [4.69, 9.17) is 25.4 Å². The highest BCUT2D eigenvalue weighted by Crippen LogP contribution is 2.50. The minimum atomic E-state index is -3.24. The molecule has 4 nitrogen and oxygen atoms in total. The van der Waals surface area contributed by atoms with E-state index in [0.717, 1.165) is 11.1 Å². The Hall–Kier alpha value is -0.380. The van der Waals surface area contributed by atoms with Gasteiger partial charge in [0.25, 0.3) is 0 Å². The molecule has 0 aliphatic rings. The molecule has 0 aliphatic carbocycles. The molecule has 0 saturated carbocycles. The molecule has 6 heteroatoms. The third kappa shape index (κ3) is 7.44. The molecule has 0 fully saturated rings. The summed E-state index contributed by atoms with van der Waals surface area (Å²) < 4.78 is 28.9. The lowest BCUT2D eigenvalue weighted by Gasteiger charge is -2.22. The normalized spacial score (nSPS) is 12.3. The lowest BCUT2D eigenvalue weighted by molar-refractivity contribution is 0.0931. The Morgan fingerprint density at radius 3 is 2.19 bits per heavy atom. The highest BCUT2D eigenvalue weighted by atomic mass is 35.5. The summed E-state index contributed by atoms with van der Waals surface area (Å²) in [6.45, 7) is 7.62. The Labute approximate surface area is 132 Å². The third-order valence-corrected chi connectivity index (χ3v) is 4.70. The van der Waals surface area contributed by atoms with Gasteiger partial charge in [-0.2, -0.15) is 0 Å². The van der Waals surface area contributed by atoms with Gasteiger partial charge in [-0.15, -0.1) is 11.6 Å². The molecule has 0 aromatic heterocycles. The molecule has 1 aromatic rings. The van der Waals surface area contributed by atoms with Gasteiger partial charge in [-0.25, -0.2) is 0 Å². The van der Waals surface area contributed by atoms with Crippen molar-refractivity contribution in [1.82, 2.24) is 0 Å². The van der Waals surface area contributed by atoms with E-state index in [9.17, 15) is 4.57 Å². The van der Waals surface area contributed by atoms with Gasteiger partial charge in [0.1, 0.15) is 6.35 Å². The third-order valence-electron chi connectivity index (χ3n) is 2.41. The minimum absolute atomic E-state index is 0.0610. The molecule has 0 bridgehead atoms. The molecule has 0 spiro atoms. The Kier molecular flexibility index (Phi) is 7.93. The second-order valence-corrected chi connectivity index (χ2v) is 7.52. The van der Waals surface area contributed by atoms with Crippen LogP contribution in [0.3, 0.4) is 0 Å². The highest BCUT2D eigenvalue weighted by molar-refractivity contribution is 7.53. The number of hydrogen-bond donors (Lipinski definition) is 0. The zero-order valence-electron chi connectivity index (χ0n) is 13.0. The Balaban J connectivity index is 2.58. The minimum Gasteiger partial charge on any atom is -0.364 e. The first-order valence-corrected chi connectivity index (χ1v) is 9.28. The lowest BCUT2D eigenvalue weighted by atomic mass is 10.1. The maximum Gasteiger partial charge on any atom is 0.356 e. The van der Waals surface area contributed by atoms with Crippen molar-refractivity contribution in [2.24, 2.45) is 0 Å². The fraction of sp³-hybridized carbons (Fsp3) is 0.600. The van der Waals surface area contributed by atoms with Gasteiger partial charge < -0.3 is 13.8 Å². The molecule has 0 aliphatic heterocycles. The van der Waals surface area contributed by atoms with Crippen LogP contribution in [0.2, 0.25) is 0 Å². The Morgan fingerprint density at radius 1 is 1.10 bits per heavy atom. The average Bonchev–Trinajstić information content (AvgIpc) is 2.36. The molecule has 0 atom stereocenters. The number of alkyl halides is 1. The fourth-order valence-electron chi connectivity index (χ4n) is 1.81. The SMILES string of the molecule is CC(C)OP(=O)(COCc1cccc(CCl)c1)OC(C)C. The monoisotopic (exact) mass is 334 g/mol. The molecule has 0 unspecified atom stereocenters. The molecule has 0 heterocycles. The van der Waals surface area contributed by atoms with Crippen LogP contribution in [0.5, 0.6) is 0 Å². The van der Waals surface area contributed by atoms with Crippen LogP contribution in [-0.4, -0.2) is 18.6 Å². The topological polar surface area (TPSA) is 44.8 Å². The van der Waals surface area contributed by atoms with E-state index >= 15 is 0 Å². The molecule has 21 heavy (non-hydrogen) atoms. The van der Waals surface area contributed by atoms with E-state index in [0.29, 0.717) is 12.5 Å². The first kappa shape index (κ1) is 18.7. The van der Waals surface area contributed by atoms with Crippen molar-refractivity contribution < 1.29 is 18.3 Å². The summed E-state index contributed by atoms with van der Waals surface area (Å²) in [5.74, 6) is 0.458. The van der Waals surface area contributed by atoms with Gasteiger partial charge >= 0.3 is 7.60 Å². The largest absolute Gasteiger partial charge is 0.364 e. The Morgan fingerprint density at radius 2 is 1.67 bits per heavy atom. The van der Waals surface area contributed by atoms with Crippen LogP contribution in [0.1, 0.15) is 38.8 Å². The van der Waals surface area contributed by atoms with Gasteiger partial charge in [-0.1, -0.05) is 24.3 Å². The summed E-state index contributed by atoms with van der Waals surface area (Å²) in [6, 6.07) is 7.77. The molecule has 0 radical (unpaired) electrons. The molecule has 120 valence electrons. The van der Waals surface area contributed by atoms with Crippen molar-refractivity contribution in [2.45, 2.75) is 52.4 Å². The van der Waals surface area contributed by atoms with Crippen molar-refractivity contribution in [2.75, 3.05) is 6.35 Å². The predicted molar refractivity (Wildman–Crippen MR) is 85.7 cm³/mol. The van der Waals surface area contributed by atoms with Gasteiger partial charge in [0, 0.05) is 5.88 Å². The smallest absolute Gasteiger partial charge is 0.356 e. The van der Waals surface area contributed by atoms with Crippen LogP contribution in [0.15, 0.2) is 24.3 Å². The summed E-state index contributed by atoms with van der Waals surface area (Å²) in [4.78, 5) is 0. The van der Waals surface area contributed by atoms with E-state index < -0.39 is 7.60 Å². The van der Waals surface area contributed by atoms with Crippen molar-refractivity contribution in [3.05, 3.63) is 35.4 Å². The van der Waals surface area contributed by atoms with E-state index in [1.54, 1.807) is 0 Å². The number of rotatable bonds is 9. The van der Waals surface area contributed by atoms with Gasteiger partial charge in [-0.05, 0) is 38.8 Å². The molecule has 1 rings (SSSR count). The predicted octanol–water partition coefficient (Wildman–Crippen LogP) is 4.94. The molecular formula is C15H24ClO4P. The second kappa shape index (κ2) is 8.92. The summed E-state index contributed by atoms with van der Waals surface area (Å²) in [5, 5.41) is 0. The molecule has 0 saturated heterocycles. The number of halogens is 1. The van der Waals surface area contributed by atoms with Crippen molar-refractivity contribution >= 4 is 19.2 Å². The molecular weight excluding hydrogens is 311 g/mol. The summed E-state index contributed by atoms with van der Waals surface area (Å²) in [6.07, 6.45) is -0.426. The van der Waals surface area contributed by atoms with Crippen LogP contribution < -0.4 is 0 Å². The van der Waals surface area contributed by atoms with E-state index in [2.05, 4.69) is 0 Å². The van der Waals surface area contributed by atoms with E-state index in [-0.39, 0.29) is 18.6 Å². The van der Waals surface area contributed by atoms with Gasteiger partial charge in [0.2, 0.25) is 0 Å². The maximum atomic E-state index is 12.6. The molecule has 0 N–H and O–H groups in total. The molecule has 1 aromatic carbocycles. The summed E-state index contributed by atoms with van der Waals surface area (Å²) in [5.41, 5.74) is 2.01. The van der Waals surface area contributed by atoms with Gasteiger partial charge in [-0.3, -0.25) is 4.57 Å². The van der Waals surface area contributed by atoms with Crippen molar-refractivity contribution in [3.63, 3.8) is 0 Å². The number of hydrogen-bond acceptors (Lipinski definition) is 4. The number of benzene rings is 1. The first-order chi connectivity index (χ1) is 9.84. The molecule has 0 amide bonds. The zero-order valence-corrected chi connectivity index (χ0v) is 14.7. The second-order valence-electron chi connectivity index (χ2n) is 5.35. The van der Waals surface area contributed by atoms with Crippen LogP contribution in [0, 0.1) is 0 Å². The summed E-state index contributed by atoms with van der Waals surface area (Å²) in [7, 11) is -3.24. The zero-order chi connectivity index (χ0) is 15.9. The van der Waals surface area contributed by atoms with Crippen LogP contribution in [-0.2, 0) is 30.8 Å². The Bertz CT molecular complexity index is 462. The highest BCUT2D eigenvalue weighted by Gasteiger charge is 2.28. The van der Waals surface area contributed by atoms with Crippen LogP contribution in [0.25, 0.3) is 0 Å². The van der Waals surface area contributed by atoms with Gasteiger partial charge in [0.05, 0.1) is 18.8 Å². The fourth-order valence-corrected chi connectivity index (χ4v) is 3.74. The van der Waals surface area contributed by atoms with Crippen molar-refractivity contribution in [1.29, 1.82) is 0 Å².